The molecule has 1 atom stereocenters. The first-order valence-corrected chi connectivity index (χ1v) is 9.41. The van der Waals surface area contributed by atoms with E-state index in [1.807, 2.05) is 38.5 Å². The molecule has 0 radical (unpaired) electrons. The van der Waals surface area contributed by atoms with Crippen LogP contribution in [0.5, 0.6) is 5.88 Å². The zero-order valence-corrected chi connectivity index (χ0v) is 16.3. The van der Waals surface area contributed by atoms with Gasteiger partial charge >= 0.3 is 0 Å². The van der Waals surface area contributed by atoms with Crippen LogP contribution in [0, 0.1) is 0 Å². The van der Waals surface area contributed by atoms with Gasteiger partial charge in [0.25, 0.3) is 0 Å². The summed E-state index contributed by atoms with van der Waals surface area (Å²) in [5.41, 5.74) is 2.07. The van der Waals surface area contributed by atoms with Gasteiger partial charge in [-0.05, 0) is 19.9 Å². The highest BCUT2D eigenvalue weighted by Gasteiger charge is 2.25. The molecule has 1 aliphatic rings. The minimum atomic E-state index is -0.00585. The maximum absolute atomic E-state index is 5.94. The lowest BCUT2D eigenvalue weighted by molar-refractivity contribution is -0.00805. The number of hydrogen-bond acceptors (Lipinski definition) is 5. The van der Waals surface area contributed by atoms with E-state index >= 15 is 0 Å². The molecule has 27 heavy (non-hydrogen) atoms. The van der Waals surface area contributed by atoms with Crippen molar-refractivity contribution in [2.75, 3.05) is 32.8 Å². The summed E-state index contributed by atoms with van der Waals surface area (Å²) in [7, 11) is 1.92. The van der Waals surface area contributed by atoms with E-state index < -0.39 is 0 Å². The summed E-state index contributed by atoms with van der Waals surface area (Å²) in [4.78, 5) is 11.4. The van der Waals surface area contributed by atoms with Gasteiger partial charge in [0.1, 0.15) is 6.10 Å². The number of aryl methyl sites for hydroxylation is 1. The largest absolute Gasteiger partial charge is 0.478 e. The van der Waals surface area contributed by atoms with Gasteiger partial charge in [0, 0.05) is 43.7 Å². The van der Waals surface area contributed by atoms with Crippen LogP contribution in [0.4, 0.5) is 0 Å². The highest BCUT2D eigenvalue weighted by Crippen LogP contribution is 2.22. The fraction of sp³-hybridized carbons (Fsp3) is 0.526. The van der Waals surface area contributed by atoms with Crippen molar-refractivity contribution in [3.63, 3.8) is 0 Å². The molecule has 0 saturated carbocycles. The molecule has 0 spiro atoms. The molecule has 0 bridgehead atoms. The number of guanidine groups is 1. The first-order valence-electron chi connectivity index (χ1n) is 9.41. The molecule has 0 amide bonds. The van der Waals surface area contributed by atoms with Crippen LogP contribution < -0.4 is 10.1 Å². The summed E-state index contributed by atoms with van der Waals surface area (Å²) < 4.78 is 13.4. The Morgan fingerprint density at radius 2 is 2.33 bits per heavy atom. The average Bonchev–Trinajstić information content (AvgIpc) is 3.13. The van der Waals surface area contributed by atoms with E-state index in [2.05, 4.69) is 27.2 Å². The summed E-state index contributed by atoms with van der Waals surface area (Å²) in [5.74, 6) is 1.52. The third-order valence-corrected chi connectivity index (χ3v) is 4.33. The molecule has 1 unspecified atom stereocenters. The van der Waals surface area contributed by atoms with Crippen LogP contribution in [0.3, 0.4) is 0 Å². The van der Waals surface area contributed by atoms with E-state index in [4.69, 9.17) is 14.5 Å². The Hall–Kier alpha value is -2.61. The first-order chi connectivity index (χ1) is 13.2. The van der Waals surface area contributed by atoms with Crippen molar-refractivity contribution in [3.05, 3.63) is 41.9 Å². The predicted molar refractivity (Wildman–Crippen MR) is 104 cm³/mol. The zero-order chi connectivity index (χ0) is 19.1. The molecule has 1 aliphatic heterocycles. The quantitative estimate of drug-likeness (QED) is 0.615. The van der Waals surface area contributed by atoms with Crippen LogP contribution in [0.1, 0.15) is 31.1 Å². The number of aliphatic imine (C=N–C) groups is 1. The van der Waals surface area contributed by atoms with E-state index in [0.29, 0.717) is 25.6 Å². The number of nitrogens with one attached hydrogen (secondary N) is 1. The van der Waals surface area contributed by atoms with Crippen molar-refractivity contribution >= 4 is 5.96 Å². The van der Waals surface area contributed by atoms with E-state index in [0.717, 1.165) is 36.7 Å². The molecule has 1 saturated heterocycles. The Labute approximate surface area is 160 Å². The lowest BCUT2D eigenvalue weighted by atomic mass is 10.1. The third-order valence-electron chi connectivity index (χ3n) is 4.33. The number of pyridine rings is 1. The molecule has 1 N–H and O–H groups in total. The number of morpholine rings is 1. The van der Waals surface area contributed by atoms with Crippen LogP contribution in [0.25, 0.3) is 0 Å². The molecule has 1 fully saturated rings. The van der Waals surface area contributed by atoms with Crippen LogP contribution in [0.15, 0.2) is 35.7 Å². The van der Waals surface area contributed by atoms with Gasteiger partial charge in [-0.3, -0.25) is 4.68 Å². The molecule has 3 rings (SSSR count). The van der Waals surface area contributed by atoms with Crippen molar-refractivity contribution < 1.29 is 9.47 Å². The summed E-state index contributed by atoms with van der Waals surface area (Å²) in [6.45, 7) is 8.13. The maximum Gasteiger partial charge on any atom is 0.218 e. The van der Waals surface area contributed by atoms with Crippen molar-refractivity contribution in [2.45, 2.75) is 26.5 Å². The fourth-order valence-corrected chi connectivity index (χ4v) is 3.05. The third kappa shape index (κ3) is 4.97. The Bertz CT molecular complexity index is 760. The topological polar surface area (TPSA) is 76.8 Å². The number of ether oxygens (including phenoxy) is 2. The van der Waals surface area contributed by atoms with Gasteiger partial charge in [-0.15, -0.1) is 0 Å². The second-order valence-corrected chi connectivity index (χ2v) is 6.32. The lowest BCUT2D eigenvalue weighted by Gasteiger charge is -2.34. The fourth-order valence-electron chi connectivity index (χ4n) is 3.05. The molecule has 0 aromatic carbocycles. The van der Waals surface area contributed by atoms with Gasteiger partial charge in [0.15, 0.2) is 5.96 Å². The van der Waals surface area contributed by atoms with Crippen LogP contribution in [-0.4, -0.2) is 58.5 Å². The van der Waals surface area contributed by atoms with Gasteiger partial charge in [-0.2, -0.15) is 5.10 Å². The minimum absolute atomic E-state index is 0.00585. The Morgan fingerprint density at radius 1 is 1.44 bits per heavy atom. The van der Waals surface area contributed by atoms with Gasteiger partial charge in [0.05, 0.1) is 32.5 Å². The maximum atomic E-state index is 5.94. The molecule has 8 heteroatoms. The first kappa shape index (κ1) is 19.2. The van der Waals surface area contributed by atoms with E-state index in [1.165, 1.54) is 0 Å². The van der Waals surface area contributed by atoms with E-state index in [1.54, 1.807) is 10.9 Å². The van der Waals surface area contributed by atoms with Gasteiger partial charge in [-0.25, -0.2) is 9.98 Å². The molecular formula is C19H28N6O2. The normalized spacial score (nSPS) is 17.8. The number of hydrogen-bond donors (Lipinski definition) is 1. The zero-order valence-electron chi connectivity index (χ0n) is 16.3. The SMILES string of the molecule is CCNC(=NCc1cccnc1OCC)N1CCOC(c2cnn(C)c2)C1. The second-order valence-electron chi connectivity index (χ2n) is 6.32. The minimum Gasteiger partial charge on any atom is -0.478 e. The van der Waals surface area contributed by atoms with Crippen LogP contribution in [-0.2, 0) is 18.3 Å². The molecular weight excluding hydrogens is 344 g/mol. The smallest absolute Gasteiger partial charge is 0.218 e. The van der Waals surface area contributed by atoms with Gasteiger partial charge in [-0.1, -0.05) is 6.07 Å². The monoisotopic (exact) mass is 372 g/mol. The van der Waals surface area contributed by atoms with Crippen LogP contribution in [0.2, 0.25) is 0 Å². The van der Waals surface area contributed by atoms with Crippen molar-refractivity contribution in [1.82, 2.24) is 25.0 Å². The Kier molecular flexibility index (Phi) is 6.64. The summed E-state index contributed by atoms with van der Waals surface area (Å²) in [5, 5.41) is 7.64. The van der Waals surface area contributed by atoms with Gasteiger partial charge < -0.3 is 19.7 Å². The lowest BCUT2D eigenvalue weighted by Crippen LogP contribution is -2.48. The standard InChI is InChI=1S/C19H28N6O2/c1-4-20-19(22-11-15-7-6-8-21-18(15)26-5-2)25-9-10-27-17(14-25)16-12-23-24(3)13-16/h6-8,12-13,17H,4-5,9-11,14H2,1-3H3,(H,20,22). The Balaban J connectivity index is 1.73. The van der Waals surface area contributed by atoms with Crippen LogP contribution >= 0.6 is 0 Å². The predicted octanol–water partition coefficient (Wildman–Crippen LogP) is 1.75. The van der Waals surface area contributed by atoms with E-state index in [9.17, 15) is 0 Å². The van der Waals surface area contributed by atoms with Gasteiger partial charge in [0.2, 0.25) is 5.88 Å². The molecule has 2 aromatic rings. The van der Waals surface area contributed by atoms with Crippen molar-refractivity contribution in [3.8, 4) is 5.88 Å². The molecule has 0 aliphatic carbocycles. The molecule has 8 nitrogen and oxygen atoms in total. The second kappa shape index (κ2) is 9.36. The highest BCUT2D eigenvalue weighted by molar-refractivity contribution is 5.80. The average molecular weight is 372 g/mol. The van der Waals surface area contributed by atoms with Crippen molar-refractivity contribution in [2.24, 2.45) is 12.0 Å². The number of nitrogens with zero attached hydrogens (tertiary/aromatic N) is 5. The molecule has 3 heterocycles. The molecule has 146 valence electrons. The Morgan fingerprint density at radius 3 is 3.07 bits per heavy atom. The summed E-state index contributed by atoms with van der Waals surface area (Å²) >= 11 is 0. The number of aromatic nitrogens is 3. The summed E-state index contributed by atoms with van der Waals surface area (Å²) in [6, 6.07) is 3.91. The van der Waals surface area contributed by atoms with Crippen molar-refractivity contribution in [1.29, 1.82) is 0 Å². The molecule has 2 aromatic heterocycles. The highest BCUT2D eigenvalue weighted by atomic mass is 16.5. The number of rotatable bonds is 6. The summed E-state index contributed by atoms with van der Waals surface area (Å²) in [6.07, 6.45) is 5.60. The van der Waals surface area contributed by atoms with E-state index in [-0.39, 0.29) is 6.10 Å².